The highest BCUT2D eigenvalue weighted by Crippen LogP contribution is 2.34. The number of carbonyl (C=O) groups is 3. The molecule has 0 fully saturated rings. The van der Waals surface area contributed by atoms with Crippen LogP contribution in [0.4, 0.5) is 17.1 Å². The van der Waals surface area contributed by atoms with E-state index in [9.17, 15) is 14.4 Å². The molecule has 0 aliphatic carbocycles. The number of halogens is 2. The summed E-state index contributed by atoms with van der Waals surface area (Å²) in [6.07, 6.45) is -0.0431. The third-order valence-corrected chi connectivity index (χ3v) is 6.18. The lowest BCUT2D eigenvalue weighted by molar-refractivity contribution is -0.120. The molecular weight excluding hydrogens is 501 g/mol. The number of nitrogens with one attached hydrogen (secondary N) is 2. The van der Waals surface area contributed by atoms with Crippen molar-refractivity contribution in [1.82, 2.24) is 0 Å². The van der Waals surface area contributed by atoms with Gasteiger partial charge in [-0.15, -0.1) is 0 Å². The van der Waals surface area contributed by atoms with Gasteiger partial charge in [0.05, 0.1) is 17.5 Å². The third-order valence-electron chi connectivity index (χ3n) is 5.42. The summed E-state index contributed by atoms with van der Waals surface area (Å²) in [4.78, 5) is 39.6. The molecule has 184 valence electrons. The van der Waals surface area contributed by atoms with Gasteiger partial charge in [-0.1, -0.05) is 41.4 Å². The first-order valence-corrected chi connectivity index (χ1v) is 11.9. The number of rotatable bonds is 7. The molecule has 7 nitrogen and oxygen atoms in total. The van der Waals surface area contributed by atoms with Crippen LogP contribution in [0.25, 0.3) is 0 Å². The van der Waals surface area contributed by atoms with Gasteiger partial charge in [0.25, 0.3) is 17.7 Å². The van der Waals surface area contributed by atoms with Crippen LogP contribution >= 0.6 is 23.2 Å². The highest BCUT2D eigenvalue weighted by Gasteiger charge is 2.39. The first-order valence-electron chi connectivity index (χ1n) is 11.1. The van der Waals surface area contributed by atoms with Crippen molar-refractivity contribution in [3.63, 3.8) is 0 Å². The van der Waals surface area contributed by atoms with Crippen LogP contribution < -0.4 is 20.3 Å². The van der Waals surface area contributed by atoms with Crippen molar-refractivity contribution in [2.75, 3.05) is 15.5 Å². The Bertz CT molecular complexity index is 1380. The summed E-state index contributed by atoms with van der Waals surface area (Å²) in [6.45, 7) is 5.53. The van der Waals surface area contributed by atoms with Gasteiger partial charge in [0.15, 0.2) is 0 Å². The molecule has 1 aliphatic heterocycles. The molecule has 0 saturated heterocycles. The minimum atomic E-state index is -0.646. The zero-order chi connectivity index (χ0) is 26.0. The number of nitrogens with zero attached hydrogens (tertiary/aromatic N) is 1. The van der Waals surface area contributed by atoms with E-state index >= 15 is 0 Å². The van der Waals surface area contributed by atoms with E-state index < -0.39 is 11.8 Å². The van der Waals surface area contributed by atoms with E-state index in [4.69, 9.17) is 27.9 Å². The van der Waals surface area contributed by atoms with Crippen LogP contribution in [0.2, 0.25) is 5.02 Å². The first-order chi connectivity index (χ1) is 17.2. The predicted molar refractivity (Wildman–Crippen MR) is 142 cm³/mol. The van der Waals surface area contributed by atoms with Crippen molar-refractivity contribution < 1.29 is 19.1 Å². The van der Waals surface area contributed by atoms with Gasteiger partial charge in [0, 0.05) is 16.3 Å². The lowest BCUT2D eigenvalue weighted by Crippen LogP contribution is -2.32. The summed E-state index contributed by atoms with van der Waals surface area (Å²) in [5.41, 5.74) is 2.32. The third kappa shape index (κ3) is 5.08. The van der Waals surface area contributed by atoms with Crippen LogP contribution in [-0.4, -0.2) is 23.8 Å². The van der Waals surface area contributed by atoms with E-state index in [1.54, 1.807) is 67.6 Å². The smallest absolute Gasteiger partial charge is 0.283 e. The van der Waals surface area contributed by atoms with E-state index in [-0.39, 0.29) is 22.7 Å². The zero-order valence-electron chi connectivity index (χ0n) is 19.8. The SMILES string of the molecule is Cc1c(Cl)cccc1N1C(=O)C(Cl)=C(Nc2ccc(C(=O)Nc3ccccc3OC(C)C)cc2)C1=O. The molecule has 3 aromatic carbocycles. The Morgan fingerprint density at radius 1 is 0.917 bits per heavy atom. The van der Waals surface area contributed by atoms with Crippen LogP contribution in [0, 0.1) is 6.92 Å². The molecule has 0 saturated carbocycles. The predicted octanol–water partition coefficient (Wildman–Crippen LogP) is 6.12. The molecule has 3 aromatic rings. The summed E-state index contributed by atoms with van der Waals surface area (Å²) in [5.74, 6) is -0.996. The van der Waals surface area contributed by atoms with Gasteiger partial charge in [-0.2, -0.15) is 0 Å². The Kier molecular flexibility index (Phi) is 7.33. The molecule has 1 heterocycles. The molecule has 9 heteroatoms. The number of hydrogen-bond acceptors (Lipinski definition) is 5. The maximum Gasteiger partial charge on any atom is 0.283 e. The molecule has 0 spiro atoms. The summed E-state index contributed by atoms with van der Waals surface area (Å²) in [5, 5.41) is 5.94. The lowest BCUT2D eigenvalue weighted by Gasteiger charge is -2.18. The number of carbonyl (C=O) groups excluding carboxylic acids is 3. The largest absolute Gasteiger partial charge is 0.489 e. The zero-order valence-corrected chi connectivity index (χ0v) is 21.3. The van der Waals surface area contributed by atoms with Gasteiger partial charge in [0.1, 0.15) is 16.5 Å². The summed E-state index contributed by atoms with van der Waals surface area (Å²) >= 11 is 12.4. The minimum absolute atomic E-state index is 0.0431. The van der Waals surface area contributed by atoms with E-state index in [1.165, 1.54) is 0 Å². The number of imide groups is 1. The van der Waals surface area contributed by atoms with Crippen LogP contribution in [-0.2, 0) is 9.59 Å². The Morgan fingerprint density at radius 2 is 1.61 bits per heavy atom. The van der Waals surface area contributed by atoms with Gasteiger partial charge in [0.2, 0.25) is 0 Å². The van der Waals surface area contributed by atoms with Crippen LogP contribution in [0.1, 0.15) is 29.8 Å². The molecule has 0 radical (unpaired) electrons. The number of ether oxygens (including phenoxy) is 1. The van der Waals surface area contributed by atoms with Crippen molar-refractivity contribution in [2.45, 2.75) is 26.9 Å². The second-order valence-electron chi connectivity index (χ2n) is 8.34. The van der Waals surface area contributed by atoms with E-state index in [0.29, 0.717) is 39.0 Å². The van der Waals surface area contributed by atoms with Gasteiger partial charge in [-0.3, -0.25) is 14.4 Å². The molecule has 3 amide bonds. The van der Waals surface area contributed by atoms with Crippen LogP contribution in [0.15, 0.2) is 77.5 Å². The highest BCUT2D eigenvalue weighted by molar-refractivity contribution is 6.53. The molecule has 36 heavy (non-hydrogen) atoms. The molecule has 0 bridgehead atoms. The number of para-hydroxylation sites is 2. The summed E-state index contributed by atoms with van der Waals surface area (Å²) in [7, 11) is 0. The number of amides is 3. The Hall–Kier alpha value is -3.81. The van der Waals surface area contributed by atoms with Crippen molar-refractivity contribution in [3.8, 4) is 5.75 Å². The monoisotopic (exact) mass is 523 g/mol. The quantitative estimate of drug-likeness (QED) is 0.364. The number of hydrogen-bond donors (Lipinski definition) is 2. The number of anilines is 3. The molecule has 1 aliphatic rings. The summed E-state index contributed by atoms with van der Waals surface area (Å²) in [6, 6.07) is 18.6. The van der Waals surface area contributed by atoms with E-state index in [0.717, 1.165) is 4.90 Å². The van der Waals surface area contributed by atoms with E-state index in [2.05, 4.69) is 10.6 Å². The van der Waals surface area contributed by atoms with Gasteiger partial charge >= 0.3 is 0 Å². The standard InChI is InChI=1S/C27H23Cl2N3O4/c1-15(2)36-22-10-5-4-8-20(22)31-25(33)17-11-13-18(14-12-17)30-24-23(29)26(34)32(27(24)35)21-9-6-7-19(28)16(21)3/h4-15,30H,1-3H3,(H,31,33). The van der Waals surface area contributed by atoms with Crippen LogP contribution in [0.5, 0.6) is 5.75 Å². The minimum Gasteiger partial charge on any atom is -0.489 e. The van der Waals surface area contributed by atoms with Gasteiger partial charge in [-0.25, -0.2) is 4.90 Å². The summed E-state index contributed by atoms with van der Waals surface area (Å²) < 4.78 is 5.75. The fourth-order valence-corrected chi connectivity index (χ4v) is 4.02. The molecule has 0 unspecified atom stereocenters. The maximum atomic E-state index is 13.1. The Labute approximate surface area is 218 Å². The highest BCUT2D eigenvalue weighted by atomic mass is 35.5. The second kappa shape index (κ2) is 10.4. The number of benzene rings is 3. The van der Waals surface area contributed by atoms with E-state index in [1.807, 2.05) is 19.9 Å². The normalized spacial score (nSPS) is 13.4. The topological polar surface area (TPSA) is 87.7 Å². The fraction of sp³-hybridized carbons (Fsp3) is 0.148. The maximum absolute atomic E-state index is 13.1. The Balaban J connectivity index is 1.49. The molecule has 0 aromatic heterocycles. The van der Waals surface area contributed by atoms with Gasteiger partial charge in [-0.05, 0) is 74.9 Å². The molecular formula is C27H23Cl2N3O4. The molecule has 2 N–H and O–H groups in total. The van der Waals surface area contributed by atoms with Crippen molar-refractivity contribution in [3.05, 3.63) is 93.6 Å². The average molecular weight is 524 g/mol. The van der Waals surface area contributed by atoms with Crippen molar-refractivity contribution in [2.24, 2.45) is 0 Å². The van der Waals surface area contributed by atoms with Crippen molar-refractivity contribution >= 4 is 58.0 Å². The van der Waals surface area contributed by atoms with Crippen LogP contribution in [0.3, 0.4) is 0 Å². The Morgan fingerprint density at radius 3 is 2.31 bits per heavy atom. The average Bonchev–Trinajstić information content (AvgIpc) is 3.05. The second-order valence-corrected chi connectivity index (χ2v) is 9.12. The molecule has 0 atom stereocenters. The van der Waals surface area contributed by atoms with Gasteiger partial charge < -0.3 is 15.4 Å². The lowest BCUT2D eigenvalue weighted by atomic mass is 10.1. The first kappa shape index (κ1) is 25.3. The fourth-order valence-electron chi connectivity index (χ4n) is 3.64. The van der Waals surface area contributed by atoms with Crippen molar-refractivity contribution in [1.29, 1.82) is 0 Å². The molecule has 4 rings (SSSR count).